The Labute approximate surface area is 103 Å². The standard InChI is InChI=1S/C12H16BrF2N/c1-7(2)11(16)6-3-8-10(14)5-4-9(13)12(8)15/h4-5,7,11H,3,6,16H2,1-2H3. The number of hydrogen-bond acceptors (Lipinski definition) is 1. The average molecular weight is 292 g/mol. The van der Waals surface area contributed by atoms with Gasteiger partial charge in [0.2, 0.25) is 0 Å². The first-order valence-corrected chi connectivity index (χ1v) is 6.10. The van der Waals surface area contributed by atoms with Gasteiger partial charge in [0.05, 0.1) is 4.47 Å². The molecule has 1 unspecified atom stereocenters. The van der Waals surface area contributed by atoms with Gasteiger partial charge in [0, 0.05) is 11.6 Å². The molecule has 1 atom stereocenters. The molecule has 0 aliphatic carbocycles. The summed E-state index contributed by atoms with van der Waals surface area (Å²) in [7, 11) is 0. The molecule has 0 amide bonds. The molecule has 16 heavy (non-hydrogen) atoms. The van der Waals surface area contributed by atoms with E-state index >= 15 is 0 Å². The van der Waals surface area contributed by atoms with Crippen molar-refractivity contribution in [2.24, 2.45) is 11.7 Å². The fraction of sp³-hybridized carbons (Fsp3) is 0.500. The highest BCUT2D eigenvalue weighted by atomic mass is 79.9. The first kappa shape index (κ1) is 13.6. The average Bonchev–Trinajstić information content (AvgIpc) is 2.23. The van der Waals surface area contributed by atoms with Gasteiger partial charge in [0.15, 0.2) is 0 Å². The van der Waals surface area contributed by atoms with Gasteiger partial charge in [-0.15, -0.1) is 0 Å². The quantitative estimate of drug-likeness (QED) is 0.842. The van der Waals surface area contributed by atoms with E-state index in [1.54, 1.807) is 0 Å². The van der Waals surface area contributed by atoms with Crippen molar-refractivity contribution in [2.75, 3.05) is 0 Å². The van der Waals surface area contributed by atoms with Gasteiger partial charge in [-0.1, -0.05) is 13.8 Å². The fourth-order valence-corrected chi connectivity index (χ4v) is 1.81. The molecule has 1 rings (SSSR count). The van der Waals surface area contributed by atoms with Crippen LogP contribution in [0.25, 0.3) is 0 Å². The zero-order valence-corrected chi connectivity index (χ0v) is 11.0. The van der Waals surface area contributed by atoms with Crippen molar-refractivity contribution in [3.8, 4) is 0 Å². The summed E-state index contributed by atoms with van der Waals surface area (Å²) in [4.78, 5) is 0. The van der Waals surface area contributed by atoms with E-state index in [4.69, 9.17) is 5.73 Å². The van der Waals surface area contributed by atoms with Crippen LogP contribution in [0.5, 0.6) is 0 Å². The summed E-state index contributed by atoms with van der Waals surface area (Å²) >= 11 is 3.04. The number of rotatable bonds is 4. The fourth-order valence-electron chi connectivity index (χ4n) is 1.44. The van der Waals surface area contributed by atoms with Crippen LogP contribution in [0.2, 0.25) is 0 Å². The Kier molecular flexibility index (Phi) is 4.87. The van der Waals surface area contributed by atoms with Crippen LogP contribution in [0.4, 0.5) is 8.78 Å². The summed E-state index contributed by atoms with van der Waals surface area (Å²) < 4.78 is 27.3. The van der Waals surface area contributed by atoms with Crippen molar-refractivity contribution in [2.45, 2.75) is 32.7 Å². The van der Waals surface area contributed by atoms with Crippen molar-refractivity contribution in [1.82, 2.24) is 0 Å². The van der Waals surface area contributed by atoms with Gasteiger partial charge in [0.1, 0.15) is 11.6 Å². The van der Waals surface area contributed by atoms with Crippen molar-refractivity contribution in [3.05, 3.63) is 33.8 Å². The van der Waals surface area contributed by atoms with Crippen molar-refractivity contribution in [3.63, 3.8) is 0 Å². The van der Waals surface area contributed by atoms with Gasteiger partial charge in [-0.3, -0.25) is 0 Å². The lowest BCUT2D eigenvalue weighted by Crippen LogP contribution is -2.27. The van der Waals surface area contributed by atoms with Crippen molar-refractivity contribution >= 4 is 15.9 Å². The third-order valence-corrected chi connectivity index (χ3v) is 3.34. The molecular weight excluding hydrogens is 276 g/mol. The van der Waals surface area contributed by atoms with Gasteiger partial charge in [-0.25, -0.2) is 8.78 Å². The van der Waals surface area contributed by atoms with Gasteiger partial charge in [-0.2, -0.15) is 0 Å². The summed E-state index contributed by atoms with van der Waals surface area (Å²) in [6.45, 7) is 4.00. The van der Waals surface area contributed by atoms with Gasteiger partial charge < -0.3 is 5.73 Å². The highest BCUT2D eigenvalue weighted by Gasteiger charge is 2.14. The molecule has 0 saturated carbocycles. The zero-order valence-electron chi connectivity index (χ0n) is 9.43. The minimum atomic E-state index is -0.518. The summed E-state index contributed by atoms with van der Waals surface area (Å²) in [5.74, 6) is -0.703. The predicted octanol–water partition coefficient (Wildman–Crippen LogP) is 3.64. The van der Waals surface area contributed by atoms with Crippen LogP contribution < -0.4 is 5.73 Å². The molecule has 0 heterocycles. The second-order valence-corrected chi connectivity index (χ2v) is 5.12. The van der Waals surface area contributed by atoms with Crippen LogP contribution >= 0.6 is 15.9 Å². The molecule has 0 bridgehead atoms. The van der Waals surface area contributed by atoms with Gasteiger partial charge in [-0.05, 0) is 46.8 Å². The highest BCUT2D eigenvalue weighted by Crippen LogP contribution is 2.23. The third kappa shape index (κ3) is 3.25. The molecule has 1 aromatic rings. The molecule has 0 aliphatic heterocycles. The SMILES string of the molecule is CC(C)C(N)CCc1c(F)ccc(Br)c1F. The van der Waals surface area contributed by atoms with Gasteiger partial charge >= 0.3 is 0 Å². The number of benzene rings is 1. The van der Waals surface area contributed by atoms with E-state index in [1.165, 1.54) is 12.1 Å². The minimum absolute atomic E-state index is 0.0298. The van der Waals surface area contributed by atoms with Crippen molar-refractivity contribution < 1.29 is 8.78 Å². The molecule has 0 spiro atoms. The smallest absolute Gasteiger partial charge is 0.143 e. The zero-order chi connectivity index (χ0) is 12.3. The Morgan fingerprint density at radius 1 is 1.31 bits per heavy atom. The first-order valence-electron chi connectivity index (χ1n) is 5.31. The maximum atomic E-state index is 13.6. The molecule has 4 heteroatoms. The maximum Gasteiger partial charge on any atom is 0.143 e. The normalized spacial score (nSPS) is 13.2. The number of nitrogens with two attached hydrogens (primary N) is 1. The molecule has 1 nitrogen and oxygen atoms in total. The lowest BCUT2D eigenvalue weighted by molar-refractivity contribution is 0.453. The van der Waals surface area contributed by atoms with Crippen LogP contribution in [-0.4, -0.2) is 6.04 Å². The lowest BCUT2D eigenvalue weighted by Gasteiger charge is -2.15. The molecule has 0 aromatic heterocycles. The summed E-state index contributed by atoms with van der Waals surface area (Å²) in [5.41, 5.74) is 5.96. The Hall–Kier alpha value is -0.480. The number of hydrogen-bond donors (Lipinski definition) is 1. The Morgan fingerprint density at radius 2 is 1.94 bits per heavy atom. The van der Waals surface area contributed by atoms with E-state index in [9.17, 15) is 8.78 Å². The lowest BCUT2D eigenvalue weighted by atomic mass is 9.97. The van der Waals surface area contributed by atoms with E-state index in [0.717, 1.165) is 0 Å². The van der Waals surface area contributed by atoms with Crippen LogP contribution in [0, 0.1) is 17.6 Å². The molecule has 0 saturated heterocycles. The molecule has 0 radical (unpaired) electrons. The van der Waals surface area contributed by atoms with Gasteiger partial charge in [0.25, 0.3) is 0 Å². The third-order valence-electron chi connectivity index (χ3n) is 2.72. The summed E-state index contributed by atoms with van der Waals surface area (Å²) in [5, 5.41) is 0. The predicted molar refractivity (Wildman–Crippen MR) is 65.2 cm³/mol. The Bertz CT molecular complexity index is 366. The number of halogens is 3. The Morgan fingerprint density at radius 3 is 2.50 bits per heavy atom. The molecule has 0 fully saturated rings. The van der Waals surface area contributed by atoms with E-state index in [0.29, 0.717) is 23.2 Å². The first-order chi connectivity index (χ1) is 7.43. The monoisotopic (exact) mass is 291 g/mol. The van der Waals surface area contributed by atoms with Crippen LogP contribution in [0.3, 0.4) is 0 Å². The molecule has 0 aliphatic rings. The van der Waals surface area contributed by atoms with E-state index in [2.05, 4.69) is 15.9 Å². The second-order valence-electron chi connectivity index (χ2n) is 4.27. The van der Waals surface area contributed by atoms with Crippen molar-refractivity contribution in [1.29, 1.82) is 0 Å². The van der Waals surface area contributed by atoms with E-state index in [1.807, 2.05) is 13.8 Å². The second kappa shape index (κ2) is 5.73. The maximum absolute atomic E-state index is 13.6. The molecule has 1 aromatic carbocycles. The summed E-state index contributed by atoms with van der Waals surface area (Å²) in [6.07, 6.45) is 0.915. The minimum Gasteiger partial charge on any atom is -0.327 e. The van der Waals surface area contributed by atoms with E-state index in [-0.39, 0.29) is 11.6 Å². The van der Waals surface area contributed by atoms with Crippen LogP contribution in [-0.2, 0) is 6.42 Å². The highest BCUT2D eigenvalue weighted by molar-refractivity contribution is 9.10. The largest absolute Gasteiger partial charge is 0.327 e. The topological polar surface area (TPSA) is 26.0 Å². The van der Waals surface area contributed by atoms with E-state index < -0.39 is 11.6 Å². The van der Waals surface area contributed by atoms with Crippen LogP contribution in [0.1, 0.15) is 25.8 Å². The Balaban J connectivity index is 2.77. The summed E-state index contributed by atoms with van der Waals surface area (Å²) in [6, 6.07) is 2.61. The van der Waals surface area contributed by atoms with Crippen LogP contribution in [0.15, 0.2) is 16.6 Å². The molecule has 90 valence electrons. The molecular formula is C12H16BrF2N. The molecule has 2 N–H and O–H groups in total.